The minimum atomic E-state index is -0.140. The third kappa shape index (κ3) is 3.77. The van der Waals surface area contributed by atoms with Gasteiger partial charge in [-0.3, -0.25) is 4.79 Å². The van der Waals surface area contributed by atoms with Gasteiger partial charge in [0.05, 0.1) is 12.4 Å². The molecule has 0 saturated heterocycles. The third-order valence-corrected chi connectivity index (χ3v) is 2.15. The van der Waals surface area contributed by atoms with E-state index in [1.54, 1.807) is 11.8 Å². The van der Waals surface area contributed by atoms with E-state index in [2.05, 4.69) is 18.6 Å². The first-order valence-corrected chi connectivity index (χ1v) is 4.25. The Labute approximate surface area is 66.3 Å². The average molecular weight is 162 g/mol. The van der Waals surface area contributed by atoms with Crippen molar-refractivity contribution in [2.75, 3.05) is 7.11 Å². The van der Waals surface area contributed by atoms with Gasteiger partial charge in [-0.15, -0.1) is 11.8 Å². The number of carbonyl (C=O) groups excluding carboxylic acids is 1. The van der Waals surface area contributed by atoms with E-state index >= 15 is 0 Å². The van der Waals surface area contributed by atoms with Crippen LogP contribution in [0, 0.1) is 0 Å². The van der Waals surface area contributed by atoms with Crippen LogP contribution >= 0.6 is 11.8 Å². The second-order valence-corrected chi connectivity index (χ2v) is 4.27. The maximum absolute atomic E-state index is 10.8. The van der Waals surface area contributed by atoms with Crippen LogP contribution in [-0.4, -0.2) is 23.6 Å². The summed E-state index contributed by atoms with van der Waals surface area (Å²) < 4.78 is 4.55. The number of rotatable bonds is 3. The van der Waals surface area contributed by atoms with Crippen molar-refractivity contribution in [2.24, 2.45) is 0 Å². The van der Waals surface area contributed by atoms with Gasteiger partial charge >= 0.3 is 5.97 Å². The molecule has 1 unspecified atom stereocenters. The molecule has 0 aromatic heterocycles. The quantitative estimate of drug-likeness (QED) is 0.591. The molecule has 0 aliphatic carbocycles. The second-order valence-electron chi connectivity index (χ2n) is 2.35. The highest BCUT2D eigenvalue weighted by atomic mass is 32.2. The molecule has 0 aromatic rings. The highest BCUT2D eigenvalue weighted by molar-refractivity contribution is 8.01. The fourth-order valence-electron chi connectivity index (χ4n) is 0.630. The minimum Gasteiger partial charge on any atom is -0.468 e. The molecule has 2 nitrogen and oxygen atoms in total. The van der Waals surface area contributed by atoms with Crippen molar-refractivity contribution in [2.45, 2.75) is 31.3 Å². The molecule has 0 aliphatic heterocycles. The fourth-order valence-corrected chi connectivity index (χ4v) is 1.65. The number of hydrogen-bond donors (Lipinski definition) is 0. The number of esters is 1. The Kier molecular flexibility index (Phi) is 4.52. The Balaban J connectivity index is 3.61. The van der Waals surface area contributed by atoms with E-state index in [0.717, 1.165) is 0 Å². The van der Waals surface area contributed by atoms with Crippen LogP contribution in [0.2, 0.25) is 0 Å². The topological polar surface area (TPSA) is 26.3 Å². The summed E-state index contributed by atoms with van der Waals surface area (Å²) in [5.74, 6) is -0.140. The highest BCUT2D eigenvalue weighted by Crippen LogP contribution is 2.17. The number of carbonyl (C=O) groups is 1. The first-order chi connectivity index (χ1) is 4.57. The Morgan fingerprint density at radius 2 is 1.90 bits per heavy atom. The summed E-state index contributed by atoms with van der Waals surface area (Å²) in [6, 6.07) is 0. The van der Waals surface area contributed by atoms with Crippen LogP contribution < -0.4 is 0 Å². The summed E-state index contributed by atoms with van der Waals surface area (Å²) in [6.45, 7) is 5.98. The molecular formula is C7H14O2S. The van der Waals surface area contributed by atoms with Crippen molar-refractivity contribution >= 4 is 17.7 Å². The summed E-state index contributed by atoms with van der Waals surface area (Å²) in [4.78, 5) is 10.8. The van der Waals surface area contributed by atoms with E-state index < -0.39 is 0 Å². The van der Waals surface area contributed by atoms with Gasteiger partial charge in [0.25, 0.3) is 0 Å². The largest absolute Gasteiger partial charge is 0.468 e. The number of thioether (sulfide) groups is 1. The lowest BCUT2D eigenvalue weighted by Crippen LogP contribution is -2.16. The summed E-state index contributed by atoms with van der Waals surface area (Å²) in [6.07, 6.45) is 0. The molecule has 0 saturated carbocycles. The van der Waals surface area contributed by atoms with Gasteiger partial charge in [-0.25, -0.2) is 0 Å². The Morgan fingerprint density at radius 3 is 2.20 bits per heavy atom. The normalized spacial score (nSPS) is 13.3. The van der Waals surface area contributed by atoms with Gasteiger partial charge in [-0.2, -0.15) is 0 Å². The molecule has 0 amide bonds. The SMILES string of the molecule is COC(=O)C(C)SC(C)C. The van der Waals surface area contributed by atoms with Crippen LogP contribution in [0.25, 0.3) is 0 Å². The van der Waals surface area contributed by atoms with Gasteiger partial charge in [0, 0.05) is 0 Å². The van der Waals surface area contributed by atoms with Crippen LogP contribution in [0.5, 0.6) is 0 Å². The lowest BCUT2D eigenvalue weighted by atomic mass is 10.5. The minimum absolute atomic E-state index is 0.0370. The standard InChI is InChI=1S/C7H14O2S/c1-5(2)10-6(3)7(8)9-4/h5-6H,1-4H3. The first-order valence-electron chi connectivity index (χ1n) is 3.31. The smallest absolute Gasteiger partial charge is 0.318 e. The lowest BCUT2D eigenvalue weighted by Gasteiger charge is -2.10. The molecule has 0 N–H and O–H groups in total. The molecule has 3 heteroatoms. The Hall–Kier alpha value is -0.180. The van der Waals surface area contributed by atoms with E-state index in [1.165, 1.54) is 7.11 Å². The maximum atomic E-state index is 10.8. The summed E-state index contributed by atoms with van der Waals surface area (Å²) >= 11 is 1.61. The average Bonchev–Trinajstić information content (AvgIpc) is 1.85. The number of methoxy groups -OCH3 is 1. The van der Waals surface area contributed by atoms with Gasteiger partial charge in [0.15, 0.2) is 0 Å². The van der Waals surface area contributed by atoms with Gasteiger partial charge in [-0.1, -0.05) is 13.8 Å². The molecule has 0 fully saturated rings. The molecule has 10 heavy (non-hydrogen) atoms. The van der Waals surface area contributed by atoms with Gasteiger partial charge in [0.2, 0.25) is 0 Å². The van der Waals surface area contributed by atoms with Crippen LogP contribution in [0.3, 0.4) is 0 Å². The van der Waals surface area contributed by atoms with Crippen LogP contribution in [0.1, 0.15) is 20.8 Å². The van der Waals surface area contributed by atoms with Crippen molar-refractivity contribution in [1.29, 1.82) is 0 Å². The zero-order chi connectivity index (χ0) is 8.15. The molecule has 0 heterocycles. The van der Waals surface area contributed by atoms with E-state index in [0.29, 0.717) is 5.25 Å². The zero-order valence-corrected chi connectivity index (χ0v) is 7.70. The van der Waals surface area contributed by atoms with E-state index in [1.807, 2.05) is 6.92 Å². The van der Waals surface area contributed by atoms with E-state index in [4.69, 9.17) is 0 Å². The van der Waals surface area contributed by atoms with Crippen LogP contribution in [-0.2, 0) is 9.53 Å². The summed E-state index contributed by atoms with van der Waals surface area (Å²) in [5.41, 5.74) is 0. The fraction of sp³-hybridized carbons (Fsp3) is 0.857. The van der Waals surface area contributed by atoms with Gasteiger partial charge in [0.1, 0.15) is 0 Å². The van der Waals surface area contributed by atoms with Crippen molar-refractivity contribution in [1.82, 2.24) is 0 Å². The molecule has 1 atom stereocenters. The number of ether oxygens (including phenoxy) is 1. The van der Waals surface area contributed by atoms with Gasteiger partial charge < -0.3 is 4.74 Å². The molecule has 0 spiro atoms. The second kappa shape index (κ2) is 4.61. The summed E-state index contributed by atoms with van der Waals surface area (Å²) in [7, 11) is 1.42. The molecular weight excluding hydrogens is 148 g/mol. The predicted molar refractivity (Wildman–Crippen MR) is 44.2 cm³/mol. The third-order valence-electron chi connectivity index (χ3n) is 1.01. The van der Waals surface area contributed by atoms with E-state index in [9.17, 15) is 4.79 Å². The van der Waals surface area contributed by atoms with Gasteiger partial charge in [-0.05, 0) is 12.2 Å². The number of hydrogen-bond acceptors (Lipinski definition) is 3. The monoisotopic (exact) mass is 162 g/mol. The molecule has 0 aromatic carbocycles. The zero-order valence-electron chi connectivity index (χ0n) is 6.88. The first kappa shape index (κ1) is 9.82. The Morgan fingerprint density at radius 1 is 1.40 bits per heavy atom. The van der Waals surface area contributed by atoms with Crippen molar-refractivity contribution in [3.63, 3.8) is 0 Å². The molecule has 0 bridgehead atoms. The predicted octanol–water partition coefficient (Wildman–Crippen LogP) is 1.69. The van der Waals surface area contributed by atoms with E-state index in [-0.39, 0.29) is 11.2 Å². The van der Waals surface area contributed by atoms with Crippen LogP contribution in [0.4, 0.5) is 0 Å². The lowest BCUT2D eigenvalue weighted by molar-refractivity contribution is -0.139. The van der Waals surface area contributed by atoms with Crippen molar-refractivity contribution < 1.29 is 9.53 Å². The molecule has 0 aliphatic rings. The maximum Gasteiger partial charge on any atom is 0.318 e. The van der Waals surface area contributed by atoms with Crippen molar-refractivity contribution in [3.8, 4) is 0 Å². The molecule has 60 valence electrons. The Bertz CT molecular complexity index is 112. The highest BCUT2D eigenvalue weighted by Gasteiger charge is 2.14. The van der Waals surface area contributed by atoms with Crippen LogP contribution in [0.15, 0.2) is 0 Å². The molecule has 0 radical (unpaired) electrons. The summed E-state index contributed by atoms with van der Waals surface area (Å²) in [5, 5.41) is 0.444. The van der Waals surface area contributed by atoms with Crippen molar-refractivity contribution in [3.05, 3.63) is 0 Å². The molecule has 0 rings (SSSR count).